The van der Waals surface area contributed by atoms with E-state index in [9.17, 15) is 4.79 Å². The lowest BCUT2D eigenvalue weighted by atomic mass is 10.00. The molecule has 1 amide bonds. The first-order valence-electron chi connectivity index (χ1n) is 14.7. The Kier molecular flexibility index (Phi) is 9.16. The number of aromatic nitrogens is 3. The Hall–Kier alpha value is -3.95. The number of rotatable bonds is 6. The first-order valence-corrected chi connectivity index (χ1v) is 14.7. The Balaban J connectivity index is 0.00000165. The van der Waals surface area contributed by atoms with Gasteiger partial charge in [0.1, 0.15) is 5.75 Å². The fraction of sp³-hybridized carbons (Fsp3) is 0.406. The van der Waals surface area contributed by atoms with E-state index in [-0.39, 0.29) is 5.91 Å². The monoisotopic (exact) mass is 555 g/mol. The van der Waals surface area contributed by atoms with Crippen molar-refractivity contribution in [2.75, 3.05) is 51.7 Å². The zero-order valence-electron chi connectivity index (χ0n) is 24.6. The van der Waals surface area contributed by atoms with Crippen molar-refractivity contribution >= 4 is 23.1 Å². The predicted molar refractivity (Wildman–Crippen MR) is 164 cm³/mol. The van der Waals surface area contributed by atoms with Gasteiger partial charge in [-0.05, 0) is 67.8 Å². The lowest BCUT2D eigenvalue weighted by Crippen LogP contribution is -2.52. The predicted octanol–water partition coefficient (Wildman–Crippen LogP) is 4.99. The van der Waals surface area contributed by atoms with E-state index < -0.39 is 0 Å². The molecule has 2 N–H and O–H groups in total. The van der Waals surface area contributed by atoms with Crippen LogP contribution in [0.2, 0.25) is 0 Å². The van der Waals surface area contributed by atoms with Gasteiger partial charge < -0.3 is 20.3 Å². The van der Waals surface area contributed by atoms with Crippen LogP contribution in [0, 0.1) is 6.92 Å². The number of piperazine rings is 1. The first-order chi connectivity index (χ1) is 20.1. The molecule has 2 saturated heterocycles. The number of carbonyl (C=O) groups is 1. The van der Waals surface area contributed by atoms with Gasteiger partial charge in [-0.2, -0.15) is 0 Å². The maximum atomic E-state index is 13.4. The number of aryl methyl sites for hydroxylation is 1. The number of benzene rings is 2. The van der Waals surface area contributed by atoms with E-state index in [1.54, 1.807) is 13.3 Å². The molecule has 2 fully saturated rings. The number of hydrogen-bond acceptors (Lipinski definition) is 7. The van der Waals surface area contributed by atoms with Crippen molar-refractivity contribution in [3.05, 3.63) is 72.2 Å². The van der Waals surface area contributed by atoms with Crippen LogP contribution in [-0.2, 0) is 0 Å². The SMILES string of the molecule is CC.COc1ccc(-c2cnc3c(Nc4ccc(C(=O)N5CCC(N6CCNCC6)CC5)c(C)c4)nccn23)cc1. The van der Waals surface area contributed by atoms with Gasteiger partial charge in [0.25, 0.3) is 5.91 Å². The van der Waals surface area contributed by atoms with Crippen molar-refractivity contribution in [1.82, 2.24) is 29.5 Å². The number of imidazole rings is 1. The lowest BCUT2D eigenvalue weighted by Gasteiger charge is -2.40. The lowest BCUT2D eigenvalue weighted by molar-refractivity contribution is 0.0600. The van der Waals surface area contributed by atoms with E-state index in [4.69, 9.17) is 4.74 Å². The Bertz CT molecular complexity index is 1450. The molecule has 2 aromatic carbocycles. The maximum Gasteiger partial charge on any atom is 0.254 e. The van der Waals surface area contributed by atoms with Gasteiger partial charge in [0.05, 0.1) is 19.0 Å². The third-order valence-electron chi connectivity index (χ3n) is 7.95. The summed E-state index contributed by atoms with van der Waals surface area (Å²) in [5, 5.41) is 6.83. The zero-order chi connectivity index (χ0) is 28.8. The summed E-state index contributed by atoms with van der Waals surface area (Å²) in [4.78, 5) is 27.2. The van der Waals surface area contributed by atoms with Gasteiger partial charge in [-0.25, -0.2) is 9.97 Å². The highest BCUT2D eigenvalue weighted by molar-refractivity contribution is 5.96. The number of anilines is 2. The maximum absolute atomic E-state index is 13.4. The summed E-state index contributed by atoms with van der Waals surface area (Å²) in [5.74, 6) is 1.59. The van der Waals surface area contributed by atoms with Crippen LogP contribution < -0.4 is 15.4 Å². The number of likely N-dealkylation sites (tertiary alicyclic amines) is 1. The quantitative estimate of drug-likeness (QED) is 0.347. The second-order valence-electron chi connectivity index (χ2n) is 10.3. The third kappa shape index (κ3) is 6.21. The number of ether oxygens (including phenoxy) is 1. The number of methoxy groups -OCH3 is 1. The molecular formula is C32H41N7O2. The van der Waals surface area contributed by atoms with Crippen LogP contribution in [0.4, 0.5) is 11.5 Å². The van der Waals surface area contributed by atoms with Gasteiger partial charge in [0, 0.05) is 74.5 Å². The molecule has 9 heteroatoms. The van der Waals surface area contributed by atoms with Crippen LogP contribution >= 0.6 is 0 Å². The van der Waals surface area contributed by atoms with Crippen molar-refractivity contribution in [1.29, 1.82) is 0 Å². The van der Waals surface area contributed by atoms with Gasteiger partial charge in [-0.3, -0.25) is 14.1 Å². The second kappa shape index (κ2) is 13.1. The zero-order valence-corrected chi connectivity index (χ0v) is 24.6. The van der Waals surface area contributed by atoms with Crippen LogP contribution in [0.25, 0.3) is 16.9 Å². The van der Waals surface area contributed by atoms with Crippen molar-refractivity contribution < 1.29 is 9.53 Å². The fourth-order valence-electron chi connectivity index (χ4n) is 5.75. The van der Waals surface area contributed by atoms with Gasteiger partial charge in [0.2, 0.25) is 0 Å². The molecule has 2 aromatic heterocycles. The molecule has 0 spiro atoms. The molecule has 6 rings (SSSR count). The van der Waals surface area contributed by atoms with Crippen molar-refractivity contribution in [2.24, 2.45) is 0 Å². The van der Waals surface area contributed by atoms with Crippen molar-refractivity contribution in [2.45, 2.75) is 39.7 Å². The number of amides is 1. The Morgan fingerprint density at radius 3 is 2.41 bits per heavy atom. The van der Waals surface area contributed by atoms with Crippen LogP contribution in [0.15, 0.2) is 61.1 Å². The number of nitrogens with zero attached hydrogens (tertiary/aromatic N) is 5. The van der Waals surface area contributed by atoms with Gasteiger partial charge >= 0.3 is 0 Å². The summed E-state index contributed by atoms with van der Waals surface area (Å²) in [5.41, 5.74) is 5.31. The minimum Gasteiger partial charge on any atom is -0.497 e. The number of piperidine rings is 1. The first kappa shape index (κ1) is 28.6. The summed E-state index contributed by atoms with van der Waals surface area (Å²) in [6.45, 7) is 12.0. The minimum absolute atomic E-state index is 0.121. The molecule has 4 aromatic rings. The van der Waals surface area contributed by atoms with Gasteiger partial charge in [0.15, 0.2) is 11.5 Å². The highest BCUT2D eigenvalue weighted by atomic mass is 16.5. The molecule has 0 saturated carbocycles. The molecule has 0 unspecified atom stereocenters. The van der Waals surface area contributed by atoms with Crippen molar-refractivity contribution in [3.8, 4) is 17.0 Å². The van der Waals surface area contributed by atoms with E-state index in [0.29, 0.717) is 11.9 Å². The van der Waals surface area contributed by atoms with E-state index in [1.807, 2.05) is 84.9 Å². The van der Waals surface area contributed by atoms with E-state index in [0.717, 1.165) is 91.6 Å². The van der Waals surface area contributed by atoms with Crippen LogP contribution in [0.5, 0.6) is 5.75 Å². The Morgan fingerprint density at radius 1 is 1.00 bits per heavy atom. The third-order valence-corrected chi connectivity index (χ3v) is 7.95. The van der Waals surface area contributed by atoms with Gasteiger partial charge in [-0.15, -0.1) is 0 Å². The standard InChI is InChI=1S/C30H35N7O2.C2H6/c1-21-19-23(5-8-26(21)30(38)36-14-9-24(10-15-36)35-16-11-31-12-17-35)34-28-29-33-20-27(37(29)18-13-32-28)22-3-6-25(39-2)7-4-22;1-2/h3-8,13,18-20,24,31H,9-12,14-17H2,1-2H3,(H,32,34);1-2H3. The highest BCUT2D eigenvalue weighted by Crippen LogP contribution is 2.28. The summed E-state index contributed by atoms with van der Waals surface area (Å²) in [6, 6.07) is 14.4. The summed E-state index contributed by atoms with van der Waals surface area (Å²) >= 11 is 0. The smallest absolute Gasteiger partial charge is 0.254 e. The summed E-state index contributed by atoms with van der Waals surface area (Å²) in [6.07, 6.45) is 7.61. The molecule has 41 heavy (non-hydrogen) atoms. The molecule has 0 radical (unpaired) electrons. The number of fused-ring (bicyclic) bond motifs is 1. The van der Waals surface area contributed by atoms with Crippen LogP contribution in [0.3, 0.4) is 0 Å². The van der Waals surface area contributed by atoms with Crippen molar-refractivity contribution in [3.63, 3.8) is 0 Å². The molecule has 4 heterocycles. The molecule has 2 aliphatic rings. The fourth-order valence-corrected chi connectivity index (χ4v) is 5.75. The molecule has 0 bridgehead atoms. The average molecular weight is 556 g/mol. The minimum atomic E-state index is 0.121. The molecule has 9 nitrogen and oxygen atoms in total. The molecule has 0 aliphatic carbocycles. The van der Waals surface area contributed by atoms with Crippen LogP contribution in [0.1, 0.15) is 42.6 Å². The topological polar surface area (TPSA) is 87.0 Å². The largest absolute Gasteiger partial charge is 0.497 e. The Morgan fingerprint density at radius 2 is 1.73 bits per heavy atom. The molecule has 2 aliphatic heterocycles. The average Bonchev–Trinajstić information content (AvgIpc) is 3.48. The van der Waals surface area contributed by atoms with E-state index in [1.165, 1.54) is 0 Å². The number of hydrogen-bond donors (Lipinski definition) is 2. The summed E-state index contributed by atoms with van der Waals surface area (Å²) < 4.78 is 7.30. The normalized spacial score (nSPS) is 16.2. The Labute approximate surface area is 242 Å². The summed E-state index contributed by atoms with van der Waals surface area (Å²) in [7, 11) is 1.66. The molecular weight excluding hydrogens is 514 g/mol. The number of carbonyl (C=O) groups excluding carboxylic acids is 1. The van der Waals surface area contributed by atoms with E-state index >= 15 is 0 Å². The molecule has 216 valence electrons. The second-order valence-corrected chi connectivity index (χ2v) is 10.3. The number of nitrogens with one attached hydrogen (secondary N) is 2. The molecule has 0 atom stereocenters. The van der Waals surface area contributed by atoms with Crippen LogP contribution in [-0.4, -0.2) is 82.5 Å². The van der Waals surface area contributed by atoms with Gasteiger partial charge in [-0.1, -0.05) is 13.8 Å². The highest BCUT2D eigenvalue weighted by Gasteiger charge is 2.28. The van der Waals surface area contributed by atoms with E-state index in [2.05, 4.69) is 25.5 Å².